The Balaban J connectivity index is 1.77. The molecule has 6 nitrogen and oxygen atoms in total. The van der Waals surface area contributed by atoms with Crippen LogP contribution in [0.5, 0.6) is 0 Å². The van der Waals surface area contributed by atoms with Crippen molar-refractivity contribution in [1.82, 2.24) is 19.8 Å². The first-order chi connectivity index (χ1) is 10.1. The van der Waals surface area contributed by atoms with E-state index in [-0.39, 0.29) is 0 Å². The lowest BCUT2D eigenvalue weighted by molar-refractivity contribution is 0.151. The second-order valence-electron chi connectivity index (χ2n) is 5.62. The van der Waals surface area contributed by atoms with Crippen molar-refractivity contribution in [2.24, 2.45) is 0 Å². The smallest absolute Gasteiger partial charge is 0.224 e. The zero-order valence-electron chi connectivity index (χ0n) is 13.1. The fourth-order valence-electron chi connectivity index (χ4n) is 2.35. The van der Waals surface area contributed by atoms with Crippen LogP contribution in [0.2, 0.25) is 0 Å². The molecule has 7 heteroatoms. The first-order valence-electron chi connectivity index (χ1n) is 7.46. The summed E-state index contributed by atoms with van der Waals surface area (Å²) in [4.78, 5) is 13.6. The van der Waals surface area contributed by atoms with Gasteiger partial charge in [0.1, 0.15) is 5.82 Å². The van der Waals surface area contributed by atoms with E-state index in [1.807, 2.05) is 7.05 Å². The Hall–Kier alpha value is -0.920. The third-order valence-electron chi connectivity index (χ3n) is 3.83. The van der Waals surface area contributed by atoms with Crippen molar-refractivity contribution < 1.29 is 0 Å². The molecule has 1 aromatic rings. The number of hydrogen-bond donors (Lipinski definition) is 2. The van der Waals surface area contributed by atoms with Gasteiger partial charge in [-0.15, -0.1) is 0 Å². The zero-order chi connectivity index (χ0) is 15.2. The molecule has 0 saturated carbocycles. The van der Waals surface area contributed by atoms with Crippen LogP contribution in [0.25, 0.3) is 0 Å². The summed E-state index contributed by atoms with van der Waals surface area (Å²) in [6.07, 6.45) is 2.87. The number of hydrogen-bond acceptors (Lipinski definition) is 6. The van der Waals surface area contributed by atoms with Crippen molar-refractivity contribution in [1.29, 1.82) is 0 Å². The Morgan fingerprint density at radius 1 is 1.33 bits per heavy atom. The van der Waals surface area contributed by atoms with Crippen LogP contribution in [0.3, 0.4) is 0 Å². The van der Waals surface area contributed by atoms with Crippen LogP contribution in [-0.4, -0.2) is 72.6 Å². The second-order valence-corrected chi connectivity index (χ2v) is 6.47. The third-order valence-corrected chi connectivity index (χ3v) is 4.41. The molecule has 1 unspecified atom stereocenters. The molecule has 0 amide bonds. The summed E-state index contributed by atoms with van der Waals surface area (Å²) in [5.41, 5.74) is 0. The molecule has 0 radical (unpaired) electrons. The largest absolute Gasteiger partial charge is 0.372 e. The predicted octanol–water partition coefficient (Wildman–Crippen LogP) is 1.72. The topological polar surface area (TPSA) is 56.3 Å². The van der Waals surface area contributed by atoms with Crippen molar-refractivity contribution in [2.45, 2.75) is 19.4 Å². The van der Waals surface area contributed by atoms with Gasteiger partial charge in [0.2, 0.25) is 5.95 Å². The predicted molar refractivity (Wildman–Crippen MR) is 90.9 cm³/mol. The van der Waals surface area contributed by atoms with Crippen LogP contribution in [0.4, 0.5) is 11.8 Å². The highest BCUT2D eigenvalue weighted by molar-refractivity contribution is 9.10. The number of rotatable bonds is 6. The number of anilines is 2. The van der Waals surface area contributed by atoms with Gasteiger partial charge in [-0.2, -0.15) is 4.98 Å². The van der Waals surface area contributed by atoms with Crippen molar-refractivity contribution >= 4 is 27.7 Å². The van der Waals surface area contributed by atoms with Gasteiger partial charge < -0.3 is 20.4 Å². The SMILES string of the molecule is CNc1nc(NC(C)CCN2CCN(C)CC2)ncc1Br. The summed E-state index contributed by atoms with van der Waals surface area (Å²) in [6.45, 7) is 7.98. The second kappa shape index (κ2) is 7.91. The van der Waals surface area contributed by atoms with Gasteiger partial charge in [-0.3, -0.25) is 0 Å². The van der Waals surface area contributed by atoms with E-state index >= 15 is 0 Å². The van der Waals surface area contributed by atoms with Gasteiger partial charge in [0.25, 0.3) is 0 Å². The van der Waals surface area contributed by atoms with E-state index in [1.54, 1.807) is 6.20 Å². The molecular formula is C14H25BrN6. The van der Waals surface area contributed by atoms with Crippen molar-refractivity contribution in [3.05, 3.63) is 10.7 Å². The van der Waals surface area contributed by atoms with E-state index in [0.29, 0.717) is 12.0 Å². The van der Waals surface area contributed by atoms with E-state index in [1.165, 1.54) is 26.2 Å². The van der Waals surface area contributed by atoms with E-state index in [2.05, 4.69) is 60.3 Å². The minimum atomic E-state index is 0.357. The fraction of sp³-hybridized carbons (Fsp3) is 0.714. The lowest BCUT2D eigenvalue weighted by Gasteiger charge is -2.32. The highest BCUT2D eigenvalue weighted by atomic mass is 79.9. The lowest BCUT2D eigenvalue weighted by Crippen LogP contribution is -2.45. The minimum absolute atomic E-state index is 0.357. The normalized spacial score (nSPS) is 18.5. The number of likely N-dealkylation sites (N-methyl/N-ethyl adjacent to an activating group) is 1. The molecule has 1 atom stereocenters. The molecule has 0 aromatic carbocycles. The van der Waals surface area contributed by atoms with Crippen LogP contribution in [0, 0.1) is 0 Å². The summed E-state index contributed by atoms with van der Waals surface area (Å²) < 4.78 is 0.876. The molecule has 0 aliphatic carbocycles. The standard InChI is InChI=1S/C14H25BrN6/c1-11(4-5-21-8-6-20(3)7-9-21)18-14-17-10-12(15)13(16-2)19-14/h10-11H,4-9H2,1-3H3,(H2,16,17,18,19). The minimum Gasteiger partial charge on any atom is -0.372 e. The summed E-state index contributed by atoms with van der Waals surface area (Å²) in [7, 11) is 4.04. The molecule has 118 valence electrons. The van der Waals surface area contributed by atoms with Crippen molar-refractivity contribution in [2.75, 3.05) is 57.5 Å². The maximum Gasteiger partial charge on any atom is 0.224 e. The van der Waals surface area contributed by atoms with Gasteiger partial charge in [-0.05, 0) is 36.3 Å². The average molecular weight is 357 g/mol. The Morgan fingerprint density at radius 2 is 2.05 bits per heavy atom. The summed E-state index contributed by atoms with van der Waals surface area (Å²) in [5.74, 6) is 1.48. The van der Waals surface area contributed by atoms with Gasteiger partial charge in [-0.1, -0.05) is 0 Å². The first-order valence-corrected chi connectivity index (χ1v) is 8.25. The van der Waals surface area contributed by atoms with Gasteiger partial charge in [0.05, 0.1) is 4.47 Å². The highest BCUT2D eigenvalue weighted by Gasteiger charge is 2.14. The van der Waals surface area contributed by atoms with Gasteiger partial charge in [0.15, 0.2) is 0 Å². The zero-order valence-corrected chi connectivity index (χ0v) is 14.7. The number of piperazine rings is 1. The van der Waals surface area contributed by atoms with Gasteiger partial charge in [-0.25, -0.2) is 4.98 Å². The van der Waals surface area contributed by atoms with Crippen LogP contribution in [0.15, 0.2) is 10.7 Å². The van der Waals surface area contributed by atoms with E-state index in [0.717, 1.165) is 23.3 Å². The molecular weight excluding hydrogens is 332 g/mol. The average Bonchev–Trinajstić information content (AvgIpc) is 2.48. The van der Waals surface area contributed by atoms with Gasteiger partial charge in [0, 0.05) is 52.0 Å². The molecule has 0 bridgehead atoms. The van der Waals surface area contributed by atoms with Crippen LogP contribution >= 0.6 is 15.9 Å². The summed E-state index contributed by atoms with van der Waals surface area (Å²) in [6, 6.07) is 0.357. The third kappa shape index (κ3) is 5.09. The first kappa shape index (κ1) is 16.5. The Kier molecular flexibility index (Phi) is 6.20. The monoisotopic (exact) mass is 356 g/mol. The molecule has 0 spiro atoms. The molecule has 2 rings (SSSR count). The number of nitrogens with zero attached hydrogens (tertiary/aromatic N) is 4. The fourth-order valence-corrected chi connectivity index (χ4v) is 2.74. The molecule has 2 N–H and O–H groups in total. The van der Waals surface area contributed by atoms with Gasteiger partial charge >= 0.3 is 0 Å². The van der Waals surface area contributed by atoms with E-state index in [4.69, 9.17) is 0 Å². The lowest BCUT2D eigenvalue weighted by atomic mass is 10.2. The molecule has 1 aromatic heterocycles. The molecule has 1 aliphatic heterocycles. The summed E-state index contributed by atoms with van der Waals surface area (Å²) >= 11 is 3.42. The van der Waals surface area contributed by atoms with Crippen LogP contribution in [0.1, 0.15) is 13.3 Å². The Morgan fingerprint density at radius 3 is 2.71 bits per heavy atom. The summed E-state index contributed by atoms with van der Waals surface area (Å²) in [5, 5.41) is 6.42. The number of halogens is 1. The molecule has 1 saturated heterocycles. The quantitative estimate of drug-likeness (QED) is 0.809. The Labute approximate surface area is 135 Å². The molecule has 1 fully saturated rings. The number of aromatic nitrogens is 2. The Bertz CT molecular complexity index is 447. The molecule has 2 heterocycles. The van der Waals surface area contributed by atoms with Crippen LogP contribution in [-0.2, 0) is 0 Å². The van der Waals surface area contributed by atoms with E-state index in [9.17, 15) is 0 Å². The highest BCUT2D eigenvalue weighted by Crippen LogP contribution is 2.19. The van der Waals surface area contributed by atoms with E-state index < -0.39 is 0 Å². The van der Waals surface area contributed by atoms with Crippen molar-refractivity contribution in [3.8, 4) is 0 Å². The van der Waals surface area contributed by atoms with Crippen LogP contribution < -0.4 is 10.6 Å². The van der Waals surface area contributed by atoms with Crippen molar-refractivity contribution in [3.63, 3.8) is 0 Å². The molecule has 21 heavy (non-hydrogen) atoms. The maximum atomic E-state index is 4.43. The maximum absolute atomic E-state index is 4.43. The molecule has 1 aliphatic rings. The number of nitrogens with one attached hydrogen (secondary N) is 2.